The van der Waals surface area contributed by atoms with Crippen LogP contribution in [0.3, 0.4) is 0 Å². The summed E-state index contributed by atoms with van der Waals surface area (Å²) in [5.41, 5.74) is 3.07. The number of nitrogens with zero attached hydrogens (tertiary/aromatic N) is 5. The van der Waals surface area contributed by atoms with Gasteiger partial charge in [-0.15, -0.1) is 11.3 Å². The summed E-state index contributed by atoms with van der Waals surface area (Å²) in [5.74, 6) is 0.484. The zero-order valence-electron chi connectivity index (χ0n) is 12.8. The van der Waals surface area contributed by atoms with Gasteiger partial charge in [0.2, 0.25) is 5.88 Å². The summed E-state index contributed by atoms with van der Waals surface area (Å²) in [7, 11) is 1.52. The number of oxime groups is 1. The number of hydrogen-bond acceptors (Lipinski definition) is 8. The maximum atomic E-state index is 5.53. The Balaban J connectivity index is 1.72. The molecule has 4 rings (SSSR count). The maximum absolute atomic E-state index is 5.53. The van der Waals surface area contributed by atoms with Crippen molar-refractivity contribution in [2.24, 2.45) is 5.16 Å². The number of hydrogen-bond donors (Lipinski definition) is 0. The lowest BCUT2D eigenvalue weighted by Gasteiger charge is -2.16. The molecule has 7 nitrogen and oxygen atoms in total. The summed E-state index contributed by atoms with van der Waals surface area (Å²) in [6.45, 7) is 0.523. The molecule has 0 radical (unpaired) electrons. The molecule has 0 N–H and O–H groups in total. The molecule has 1 aliphatic rings. The minimum absolute atomic E-state index is 0.484. The molecule has 0 spiro atoms. The van der Waals surface area contributed by atoms with Crippen LogP contribution in [0.2, 0.25) is 0 Å². The van der Waals surface area contributed by atoms with Crippen molar-refractivity contribution in [2.75, 3.05) is 13.7 Å². The van der Waals surface area contributed by atoms with Crippen molar-refractivity contribution in [3.63, 3.8) is 0 Å². The first-order valence-electron chi connectivity index (χ1n) is 7.32. The Hall–Kier alpha value is -2.87. The summed E-state index contributed by atoms with van der Waals surface area (Å²) < 4.78 is 5.53. The Labute approximate surface area is 142 Å². The van der Waals surface area contributed by atoms with Crippen LogP contribution in [0.5, 0.6) is 5.88 Å². The summed E-state index contributed by atoms with van der Waals surface area (Å²) in [6, 6.07) is 3.87. The highest BCUT2D eigenvalue weighted by Crippen LogP contribution is 2.32. The van der Waals surface area contributed by atoms with Crippen LogP contribution in [0, 0.1) is 0 Å². The number of ether oxygens (including phenoxy) is 1. The number of thiazole rings is 1. The van der Waals surface area contributed by atoms with Gasteiger partial charge in [-0.1, -0.05) is 5.16 Å². The smallest absolute Gasteiger partial charge is 0.242 e. The van der Waals surface area contributed by atoms with Crippen LogP contribution in [0.1, 0.15) is 12.1 Å². The predicted octanol–water partition coefficient (Wildman–Crippen LogP) is 2.80. The first-order chi connectivity index (χ1) is 11.8. The molecular formula is C16H13N5O2S. The monoisotopic (exact) mass is 339 g/mol. The SMILES string of the molecule is CON=C1CCOc2ncc(-c3cnc(-c4cccnc4)s3)nc21. The minimum atomic E-state index is 0.484. The predicted molar refractivity (Wildman–Crippen MR) is 90.0 cm³/mol. The van der Waals surface area contributed by atoms with Crippen LogP contribution in [0.15, 0.2) is 42.1 Å². The van der Waals surface area contributed by atoms with Gasteiger partial charge in [0.05, 0.1) is 17.7 Å². The van der Waals surface area contributed by atoms with Gasteiger partial charge in [-0.2, -0.15) is 0 Å². The van der Waals surface area contributed by atoms with E-state index in [9.17, 15) is 0 Å². The number of fused-ring (bicyclic) bond motifs is 1. The topological polar surface area (TPSA) is 82.4 Å². The Morgan fingerprint density at radius 1 is 1.25 bits per heavy atom. The third-order valence-electron chi connectivity index (χ3n) is 3.46. The molecule has 0 fully saturated rings. The normalized spacial score (nSPS) is 15.0. The first-order valence-corrected chi connectivity index (χ1v) is 8.13. The maximum Gasteiger partial charge on any atom is 0.242 e. The fourth-order valence-corrected chi connectivity index (χ4v) is 3.23. The zero-order valence-corrected chi connectivity index (χ0v) is 13.7. The average Bonchev–Trinajstić information content (AvgIpc) is 3.13. The minimum Gasteiger partial charge on any atom is -0.476 e. The van der Waals surface area contributed by atoms with E-state index in [1.807, 2.05) is 12.1 Å². The van der Waals surface area contributed by atoms with E-state index < -0.39 is 0 Å². The molecule has 0 saturated heterocycles. The molecule has 8 heteroatoms. The molecule has 0 unspecified atom stereocenters. The second-order valence-corrected chi connectivity index (χ2v) is 6.03. The lowest BCUT2D eigenvalue weighted by atomic mass is 10.1. The quantitative estimate of drug-likeness (QED) is 0.682. The highest BCUT2D eigenvalue weighted by molar-refractivity contribution is 7.18. The van der Waals surface area contributed by atoms with Crippen LogP contribution in [-0.4, -0.2) is 39.4 Å². The second-order valence-electron chi connectivity index (χ2n) is 5.00. The van der Waals surface area contributed by atoms with Crippen molar-refractivity contribution in [3.05, 3.63) is 42.6 Å². The van der Waals surface area contributed by atoms with Crippen LogP contribution in [-0.2, 0) is 4.84 Å². The molecule has 3 aromatic rings. The van der Waals surface area contributed by atoms with E-state index in [4.69, 9.17) is 9.57 Å². The molecule has 4 heterocycles. The molecule has 1 aliphatic heterocycles. The van der Waals surface area contributed by atoms with E-state index in [0.29, 0.717) is 24.6 Å². The van der Waals surface area contributed by atoms with Crippen molar-refractivity contribution in [1.82, 2.24) is 19.9 Å². The van der Waals surface area contributed by atoms with Crippen LogP contribution in [0.25, 0.3) is 21.1 Å². The van der Waals surface area contributed by atoms with Gasteiger partial charge in [0, 0.05) is 30.6 Å². The third-order valence-corrected chi connectivity index (χ3v) is 4.53. The van der Waals surface area contributed by atoms with Crippen molar-refractivity contribution in [1.29, 1.82) is 0 Å². The molecule has 0 aromatic carbocycles. The van der Waals surface area contributed by atoms with Gasteiger partial charge >= 0.3 is 0 Å². The molecule has 120 valence electrons. The average molecular weight is 339 g/mol. The van der Waals surface area contributed by atoms with E-state index in [1.54, 1.807) is 24.8 Å². The fraction of sp³-hybridized carbons (Fsp3) is 0.188. The van der Waals surface area contributed by atoms with Crippen LogP contribution in [0.4, 0.5) is 0 Å². The van der Waals surface area contributed by atoms with Gasteiger partial charge in [0.15, 0.2) is 5.69 Å². The zero-order chi connectivity index (χ0) is 16.4. The van der Waals surface area contributed by atoms with Gasteiger partial charge in [0.25, 0.3) is 0 Å². The molecule has 0 atom stereocenters. The second kappa shape index (κ2) is 6.32. The van der Waals surface area contributed by atoms with Crippen molar-refractivity contribution in [2.45, 2.75) is 6.42 Å². The Morgan fingerprint density at radius 2 is 2.21 bits per heavy atom. The summed E-state index contributed by atoms with van der Waals surface area (Å²) in [5, 5.41) is 4.91. The Kier molecular flexibility index (Phi) is 3.87. The first kappa shape index (κ1) is 14.7. The van der Waals surface area contributed by atoms with Gasteiger partial charge in [0.1, 0.15) is 23.5 Å². The Bertz CT molecular complexity index is 894. The third kappa shape index (κ3) is 2.71. The molecule has 0 amide bonds. The van der Waals surface area contributed by atoms with Crippen molar-refractivity contribution in [3.8, 4) is 27.0 Å². The molecule has 24 heavy (non-hydrogen) atoms. The van der Waals surface area contributed by atoms with Gasteiger partial charge in [-0.25, -0.2) is 15.0 Å². The highest BCUT2D eigenvalue weighted by Gasteiger charge is 2.22. The standard InChI is InChI=1S/C16H13N5O2S/c1-22-21-11-4-6-23-15-14(11)20-12(8-18-15)13-9-19-16(24-13)10-3-2-5-17-7-10/h2-3,5,7-9H,4,6H2,1H3. The molecule has 0 bridgehead atoms. The fourth-order valence-electron chi connectivity index (χ4n) is 2.37. The van der Waals surface area contributed by atoms with E-state index in [0.717, 1.165) is 26.9 Å². The van der Waals surface area contributed by atoms with Gasteiger partial charge < -0.3 is 9.57 Å². The largest absolute Gasteiger partial charge is 0.476 e. The van der Waals surface area contributed by atoms with Crippen LogP contribution >= 0.6 is 11.3 Å². The Morgan fingerprint density at radius 3 is 3.04 bits per heavy atom. The van der Waals surface area contributed by atoms with E-state index in [-0.39, 0.29) is 0 Å². The van der Waals surface area contributed by atoms with E-state index >= 15 is 0 Å². The summed E-state index contributed by atoms with van der Waals surface area (Å²) >= 11 is 1.54. The highest BCUT2D eigenvalue weighted by atomic mass is 32.1. The van der Waals surface area contributed by atoms with E-state index in [1.165, 1.54) is 18.4 Å². The lowest BCUT2D eigenvalue weighted by Crippen LogP contribution is -2.19. The molecule has 0 saturated carbocycles. The molecule has 3 aromatic heterocycles. The summed E-state index contributed by atoms with van der Waals surface area (Å²) in [6.07, 6.45) is 7.65. The number of pyridine rings is 1. The molecule has 0 aliphatic carbocycles. The van der Waals surface area contributed by atoms with Crippen LogP contribution < -0.4 is 4.74 Å². The van der Waals surface area contributed by atoms with Gasteiger partial charge in [-0.05, 0) is 12.1 Å². The summed E-state index contributed by atoms with van der Waals surface area (Å²) in [4.78, 5) is 23.4. The van der Waals surface area contributed by atoms with Crippen molar-refractivity contribution < 1.29 is 9.57 Å². The van der Waals surface area contributed by atoms with Gasteiger partial charge in [-0.3, -0.25) is 4.98 Å². The number of aromatic nitrogens is 4. The van der Waals surface area contributed by atoms with E-state index in [2.05, 4.69) is 25.1 Å². The van der Waals surface area contributed by atoms with Crippen molar-refractivity contribution >= 4 is 17.0 Å². The lowest BCUT2D eigenvalue weighted by molar-refractivity contribution is 0.209. The molecular weight excluding hydrogens is 326 g/mol. The number of rotatable bonds is 3.